The molecule has 0 aromatic carbocycles. The van der Waals surface area contributed by atoms with E-state index >= 15 is 0 Å². The predicted molar refractivity (Wildman–Crippen MR) is 61.4 cm³/mol. The lowest BCUT2D eigenvalue weighted by Crippen LogP contribution is -2.19. The molecule has 0 spiro atoms. The maximum Gasteiger partial charge on any atom is 0.277 e. The van der Waals surface area contributed by atoms with Crippen molar-refractivity contribution in [3.63, 3.8) is 0 Å². The average molecular weight is 255 g/mol. The van der Waals surface area contributed by atoms with E-state index in [-0.39, 0.29) is 16.8 Å². The second kappa shape index (κ2) is 4.12. The fraction of sp³-hybridized carbons (Fsp3) is 0.500. The molecule has 1 saturated heterocycles. The van der Waals surface area contributed by atoms with Crippen LogP contribution >= 0.6 is 11.6 Å². The van der Waals surface area contributed by atoms with Crippen molar-refractivity contribution in [3.05, 3.63) is 27.7 Å². The first kappa shape index (κ1) is 10.7. The molecule has 0 aliphatic carbocycles. The molecule has 3 rings (SSSR count). The van der Waals surface area contributed by atoms with Gasteiger partial charge in [0.25, 0.3) is 5.56 Å². The minimum Gasteiger partial charge on any atom is -0.381 e. The number of imidazole rings is 1. The van der Waals surface area contributed by atoms with E-state index in [9.17, 15) is 4.79 Å². The van der Waals surface area contributed by atoms with Crippen molar-refractivity contribution in [2.45, 2.75) is 18.8 Å². The smallest absolute Gasteiger partial charge is 0.277 e. The Hall–Kier alpha value is -1.40. The zero-order valence-electron chi connectivity index (χ0n) is 9.02. The van der Waals surface area contributed by atoms with E-state index in [2.05, 4.69) is 15.1 Å². The van der Waals surface area contributed by atoms with E-state index in [4.69, 9.17) is 16.3 Å². The van der Waals surface area contributed by atoms with Crippen LogP contribution in [0.4, 0.5) is 0 Å². The highest BCUT2D eigenvalue weighted by Gasteiger charge is 2.21. The van der Waals surface area contributed by atoms with Gasteiger partial charge in [0.1, 0.15) is 5.82 Å². The summed E-state index contributed by atoms with van der Waals surface area (Å²) in [4.78, 5) is 18.4. The Kier molecular flexibility index (Phi) is 2.60. The Labute approximate surface area is 102 Å². The third-order valence-electron chi connectivity index (χ3n) is 2.99. The van der Waals surface area contributed by atoms with Crippen LogP contribution in [0.15, 0.2) is 11.0 Å². The first-order valence-electron chi connectivity index (χ1n) is 5.47. The van der Waals surface area contributed by atoms with Crippen LogP contribution in [0, 0.1) is 0 Å². The number of fused-ring (bicyclic) bond motifs is 1. The SMILES string of the molecule is O=c1[nH]c(Cl)nn2c(C3CCOCC3)ncc12. The molecule has 3 heterocycles. The minimum absolute atomic E-state index is 0.0776. The fourth-order valence-electron chi connectivity index (χ4n) is 2.12. The third kappa shape index (κ3) is 1.83. The van der Waals surface area contributed by atoms with Crippen LogP contribution < -0.4 is 5.56 Å². The summed E-state index contributed by atoms with van der Waals surface area (Å²) in [5.74, 6) is 1.06. The lowest BCUT2D eigenvalue weighted by molar-refractivity contribution is 0.0832. The molecule has 17 heavy (non-hydrogen) atoms. The fourth-order valence-corrected chi connectivity index (χ4v) is 2.29. The Morgan fingerprint density at radius 2 is 2.24 bits per heavy atom. The van der Waals surface area contributed by atoms with E-state index in [0.717, 1.165) is 31.9 Å². The highest BCUT2D eigenvalue weighted by atomic mass is 35.5. The van der Waals surface area contributed by atoms with Gasteiger partial charge >= 0.3 is 0 Å². The number of aromatic nitrogens is 4. The molecule has 0 radical (unpaired) electrons. The van der Waals surface area contributed by atoms with Gasteiger partial charge in [0.2, 0.25) is 5.28 Å². The maximum atomic E-state index is 11.6. The molecule has 1 fully saturated rings. The van der Waals surface area contributed by atoms with Crippen LogP contribution in [0.5, 0.6) is 0 Å². The third-order valence-corrected chi connectivity index (χ3v) is 3.16. The van der Waals surface area contributed by atoms with Crippen molar-refractivity contribution < 1.29 is 4.74 Å². The van der Waals surface area contributed by atoms with Gasteiger partial charge in [0.15, 0.2) is 5.52 Å². The van der Waals surface area contributed by atoms with Crippen LogP contribution in [0.25, 0.3) is 5.52 Å². The molecule has 0 amide bonds. The molecule has 6 nitrogen and oxygen atoms in total. The van der Waals surface area contributed by atoms with Gasteiger partial charge in [0, 0.05) is 19.1 Å². The first-order chi connectivity index (χ1) is 8.25. The normalized spacial score (nSPS) is 17.7. The zero-order chi connectivity index (χ0) is 11.8. The first-order valence-corrected chi connectivity index (χ1v) is 5.84. The highest BCUT2D eigenvalue weighted by molar-refractivity contribution is 6.28. The van der Waals surface area contributed by atoms with Crippen molar-refractivity contribution in [3.8, 4) is 0 Å². The van der Waals surface area contributed by atoms with Gasteiger partial charge in [-0.25, -0.2) is 9.50 Å². The Balaban J connectivity index is 2.13. The Morgan fingerprint density at radius 3 is 3.00 bits per heavy atom. The topological polar surface area (TPSA) is 72.3 Å². The van der Waals surface area contributed by atoms with Gasteiger partial charge in [-0.05, 0) is 24.4 Å². The largest absolute Gasteiger partial charge is 0.381 e. The molecule has 0 atom stereocenters. The second-order valence-electron chi connectivity index (χ2n) is 4.05. The van der Waals surface area contributed by atoms with E-state index in [1.54, 1.807) is 0 Å². The number of halogens is 1. The van der Waals surface area contributed by atoms with Gasteiger partial charge in [-0.2, -0.15) is 0 Å². The number of aromatic amines is 1. The van der Waals surface area contributed by atoms with E-state index in [0.29, 0.717) is 5.52 Å². The molecule has 90 valence electrons. The van der Waals surface area contributed by atoms with Crippen LogP contribution in [0.3, 0.4) is 0 Å². The van der Waals surface area contributed by atoms with Gasteiger partial charge in [-0.1, -0.05) is 0 Å². The van der Waals surface area contributed by atoms with Crippen LogP contribution in [0.2, 0.25) is 5.28 Å². The van der Waals surface area contributed by atoms with Gasteiger partial charge in [-0.3, -0.25) is 9.78 Å². The van der Waals surface area contributed by atoms with Crippen molar-refractivity contribution in [2.75, 3.05) is 13.2 Å². The van der Waals surface area contributed by atoms with Gasteiger partial charge < -0.3 is 4.74 Å². The summed E-state index contributed by atoms with van der Waals surface area (Å²) in [6.07, 6.45) is 3.32. The molecule has 0 bridgehead atoms. The number of nitrogens with zero attached hydrogens (tertiary/aromatic N) is 3. The number of hydrogen-bond donors (Lipinski definition) is 1. The summed E-state index contributed by atoms with van der Waals surface area (Å²) in [5.41, 5.74) is 0.159. The molecular formula is C10H11ClN4O2. The number of H-pyrrole nitrogens is 1. The molecule has 1 N–H and O–H groups in total. The molecular weight excluding hydrogens is 244 g/mol. The molecule has 0 unspecified atom stereocenters. The van der Waals surface area contributed by atoms with Crippen LogP contribution in [-0.4, -0.2) is 32.8 Å². The Bertz CT molecular complexity index is 600. The van der Waals surface area contributed by atoms with Crippen molar-refractivity contribution in [1.82, 2.24) is 19.6 Å². The number of rotatable bonds is 1. The van der Waals surface area contributed by atoms with Crippen LogP contribution in [0.1, 0.15) is 24.6 Å². The summed E-state index contributed by atoms with van der Waals surface area (Å²) in [7, 11) is 0. The zero-order valence-corrected chi connectivity index (χ0v) is 9.78. The molecule has 1 aliphatic rings. The molecule has 2 aromatic heterocycles. The molecule has 7 heteroatoms. The molecule has 1 aliphatic heterocycles. The van der Waals surface area contributed by atoms with Crippen LogP contribution in [-0.2, 0) is 4.74 Å². The summed E-state index contributed by atoms with van der Waals surface area (Å²) in [6.45, 7) is 1.44. The quantitative estimate of drug-likeness (QED) is 0.823. The van der Waals surface area contributed by atoms with Gasteiger partial charge in [0.05, 0.1) is 6.20 Å². The second-order valence-corrected chi connectivity index (χ2v) is 4.40. The van der Waals surface area contributed by atoms with Gasteiger partial charge in [-0.15, -0.1) is 5.10 Å². The minimum atomic E-state index is -0.268. The highest BCUT2D eigenvalue weighted by Crippen LogP contribution is 2.25. The van der Waals surface area contributed by atoms with E-state index in [1.807, 2.05) is 0 Å². The maximum absolute atomic E-state index is 11.6. The standard InChI is InChI=1S/C10H11ClN4O2/c11-10-13-9(16)7-5-12-8(15(7)14-10)6-1-3-17-4-2-6/h5-6H,1-4H2,(H,13,14,16). The summed E-state index contributed by atoms with van der Waals surface area (Å²) < 4.78 is 6.84. The van der Waals surface area contributed by atoms with Crippen molar-refractivity contribution in [1.29, 1.82) is 0 Å². The number of hydrogen-bond acceptors (Lipinski definition) is 4. The molecule has 2 aromatic rings. The van der Waals surface area contributed by atoms with E-state index in [1.165, 1.54) is 10.7 Å². The summed E-state index contributed by atoms with van der Waals surface area (Å²) in [6, 6.07) is 0. The Morgan fingerprint density at radius 1 is 1.47 bits per heavy atom. The summed E-state index contributed by atoms with van der Waals surface area (Å²) >= 11 is 5.75. The predicted octanol–water partition coefficient (Wildman–Crippen LogP) is 0.965. The summed E-state index contributed by atoms with van der Waals surface area (Å²) in [5, 5.41) is 4.17. The molecule has 0 saturated carbocycles. The average Bonchev–Trinajstić information content (AvgIpc) is 2.74. The lowest BCUT2D eigenvalue weighted by atomic mass is 10.00. The van der Waals surface area contributed by atoms with Crippen molar-refractivity contribution >= 4 is 17.1 Å². The number of nitrogens with one attached hydrogen (secondary N) is 1. The van der Waals surface area contributed by atoms with Crippen molar-refractivity contribution in [2.24, 2.45) is 0 Å². The monoisotopic (exact) mass is 254 g/mol. The lowest BCUT2D eigenvalue weighted by Gasteiger charge is -2.20. The number of ether oxygens (including phenoxy) is 1. The van der Waals surface area contributed by atoms with E-state index < -0.39 is 0 Å².